The van der Waals surface area contributed by atoms with Gasteiger partial charge in [-0.1, -0.05) is 30.9 Å². The lowest BCUT2D eigenvalue weighted by Crippen LogP contribution is -2.15. The van der Waals surface area contributed by atoms with Crippen molar-refractivity contribution in [2.45, 2.75) is 45.1 Å². The summed E-state index contributed by atoms with van der Waals surface area (Å²) in [6, 6.07) is 0.378. The second-order valence-corrected chi connectivity index (χ2v) is 5.75. The molecule has 106 valence electrons. The Balaban J connectivity index is 2.16. The Morgan fingerprint density at radius 1 is 1.40 bits per heavy atom. The number of aromatic nitrogens is 3. The molecule has 0 radical (unpaired) electrons. The molecule has 0 spiro atoms. The number of nitrogens with zero attached hydrogens (tertiary/aromatic N) is 3. The number of nitrogens with two attached hydrogens (primary N) is 1. The molecular weight excluding hydrogens is 276 g/mol. The van der Waals surface area contributed by atoms with Crippen molar-refractivity contribution in [1.82, 2.24) is 14.8 Å². The predicted octanol–water partition coefficient (Wildman–Crippen LogP) is 3.00. The summed E-state index contributed by atoms with van der Waals surface area (Å²) in [7, 11) is 0. The van der Waals surface area contributed by atoms with Crippen molar-refractivity contribution >= 4 is 28.5 Å². The minimum absolute atomic E-state index is 0.255. The number of halogens is 1. The smallest absolute Gasteiger partial charge is 0.251 e. The molecule has 1 aliphatic rings. The lowest BCUT2D eigenvalue weighted by molar-refractivity contribution is 0.100. The van der Waals surface area contributed by atoms with Gasteiger partial charge in [0.05, 0.1) is 27.7 Å². The summed E-state index contributed by atoms with van der Waals surface area (Å²) in [6.07, 6.45) is 7.42. The molecule has 1 amide bonds. The van der Waals surface area contributed by atoms with Crippen LogP contribution >= 0.6 is 11.6 Å². The Morgan fingerprint density at radius 3 is 2.75 bits per heavy atom. The zero-order valence-electron chi connectivity index (χ0n) is 11.4. The topological polar surface area (TPSA) is 73.8 Å². The van der Waals surface area contributed by atoms with Gasteiger partial charge in [-0.3, -0.25) is 4.79 Å². The fourth-order valence-corrected chi connectivity index (χ4v) is 3.35. The zero-order chi connectivity index (χ0) is 14.3. The van der Waals surface area contributed by atoms with Crippen LogP contribution in [0.15, 0.2) is 6.20 Å². The van der Waals surface area contributed by atoms with Crippen LogP contribution in [0.2, 0.25) is 5.02 Å². The molecule has 2 aromatic rings. The quantitative estimate of drug-likeness (QED) is 0.924. The SMILES string of the molecule is Cc1nn(C2CCCCC2)c2ncc(C(N)=O)c(Cl)c12. The Labute approximate surface area is 122 Å². The number of rotatable bonds is 2. The maximum Gasteiger partial charge on any atom is 0.251 e. The number of hydrogen-bond acceptors (Lipinski definition) is 3. The molecule has 6 heteroatoms. The third kappa shape index (κ3) is 2.06. The van der Waals surface area contributed by atoms with Crippen LogP contribution in [0.1, 0.15) is 54.2 Å². The monoisotopic (exact) mass is 292 g/mol. The van der Waals surface area contributed by atoms with E-state index in [9.17, 15) is 4.79 Å². The molecule has 1 saturated carbocycles. The van der Waals surface area contributed by atoms with E-state index in [1.807, 2.05) is 11.6 Å². The van der Waals surface area contributed by atoms with E-state index in [0.717, 1.165) is 29.6 Å². The first-order valence-electron chi connectivity index (χ1n) is 6.92. The number of fused-ring (bicyclic) bond motifs is 1. The number of aryl methyl sites for hydroxylation is 1. The molecule has 1 fully saturated rings. The molecule has 20 heavy (non-hydrogen) atoms. The molecule has 0 saturated heterocycles. The molecule has 0 unspecified atom stereocenters. The average molecular weight is 293 g/mol. The van der Waals surface area contributed by atoms with Gasteiger partial charge >= 0.3 is 0 Å². The highest BCUT2D eigenvalue weighted by Crippen LogP contribution is 2.34. The van der Waals surface area contributed by atoms with E-state index in [1.54, 1.807) is 0 Å². The zero-order valence-corrected chi connectivity index (χ0v) is 12.2. The number of carbonyl (C=O) groups excluding carboxylic acids is 1. The van der Waals surface area contributed by atoms with Gasteiger partial charge in [0.15, 0.2) is 5.65 Å². The van der Waals surface area contributed by atoms with Gasteiger partial charge < -0.3 is 5.73 Å². The third-order valence-electron chi connectivity index (χ3n) is 4.02. The summed E-state index contributed by atoms with van der Waals surface area (Å²) >= 11 is 6.30. The van der Waals surface area contributed by atoms with E-state index in [-0.39, 0.29) is 5.56 Å². The van der Waals surface area contributed by atoms with Crippen LogP contribution in [0, 0.1) is 6.92 Å². The molecule has 3 rings (SSSR count). The van der Waals surface area contributed by atoms with Crippen molar-refractivity contribution < 1.29 is 4.79 Å². The van der Waals surface area contributed by atoms with Crippen LogP contribution < -0.4 is 5.73 Å². The molecule has 2 heterocycles. The first-order chi connectivity index (χ1) is 9.59. The van der Waals surface area contributed by atoms with E-state index < -0.39 is 5.91 Å². The summed E-state index contributed by atoms with van der Waals surface area (Å²) in [5, 5.41) is 5.70. The van der Waals surface area contributed by atoms with Crippen LogP contribution in [0.5, 0.6) is 0 Å². The highest BCUT2D eigenvalue weighted by molar-refractivity contribution is 6.38. The van der Waals surface area contributed by atoms with E-state index in [1.165, 1.54) is 25.5 Å². The molecule has 0 bridgehead atoms. The van der Waals surface area contributed by atoms with Gasteiger partial charge in [-0.2, -0.15) is 5.10 Å². The average Bonchev–Trinajstić information content (AvgIpc) is 2.78. The van der Waals surface area contributed by atoms with Crippen LogP contribution in [-0.2, 0) is 0 Å². The first-order valence-corrected chi connectivity index (χ1v) is 7.30. The number of pyridine rings is 1. The predicted molar refractivity (Wildman–Crippen MR) is 77.9 cm³/mol. The van der Waals surface area contributed by atoms with E-state index >= 15 is 0 Å². The van der Waals surface area contributed by atoms with E-state index in [4.69, 9.17) is 17.3 Å². The van der Waals surface area contributed by atoms with Gasteiger partial charge in [0, 0.05) is 6.20 Å². The van der Waals surface area contributed by atoms with Crippen LogP contribution in [0.25, 0.3) is 11.0 Å². The van der Waals surface area contributed by atoms with Crippen LogP contribution in [-0.4, -0.2) is 20.7 Å². The Bertz CT molecular complexity index is 673. The molecule has 5 nitrogen and oxygen atoms in total. The van der Waals surface area contributed by atoms with Gasteiger partial charge in [-0.15, -0.1) is 0 Å². The number of carbonyl (C=O) groups is 1. The minimum atomic E-state index is -0.561. The maximum absolute atomic E-state index is 11.4. The number of primary amides is 1. The van der Waals surface area contributed by atoms with Gasteiger partial charge in [0.2, 0.25) is 0 Å². The van der Waals surface area contributed by atoms with Gasteiger partial charge in [0.25, 0.3) is 5.91 Å². The van der Waals surface area contributed by atoms with Crippen molar-refractivity contribution in [2.75, 3.05) is 0 Å². The van der Waals surface area contributed by atoms with Crippen molar-refractivity contribution in [3.8, 4) is 0 Å². The lowest BCUT2D eigenvalue weighted by atomic mass is 9.96. The molecule has 2 aromatic heterocycles. The molecule has 0 aliphatic heterocycles. The summed E-state index contributed by atoms with van der Waals surface area (Å²) < 4.78 is 1.97. The largest absolute Gasteiger partial charge is 0.366 e. The fourth-order valence-electron chi connectivity index (χ4n) is 2.99. The molecule has 0 atom stereocenters. The highest BCUT2D eigenvalue weighted by Gasteiger charge is 2.23. The Kier molecular flexibility index (Phi) is 3.38. The molecule has 2 N–H and O–H groups in total. The number of hydrogen-bond donors (Lipinski definition) is 1. The van der Waals surface area contributed by atoms with E-state index in [0.29, 0.717) is 11.1 Å². The third-order valence-corrected chi connectivity index (χ3v) is 4.41. The Morgan fingerprint density at radius 2 is 2.10 bits per heavy atom. The summed E-state index contributed by atoms with van der Waals surface area (Å²) in [5.41, 5.74) is 7.12. The fraction of sp³-hybridized carbons (Fsp3) is 0.500. The molecule has 0 aromatic carbocycles. The normalized spacial score (nSPS) is 16.7. The standard InChI is InChI=1S/C14H17ClN4O/c1-8-11-12(15)10(13(16)20)7-17-14(11)19(18-8)9-5-3-2-4-6-9/h7,9H,2-6H2,1H3,(H2,16,20). The summed E-state index contributed by atoms with van der Waals surface area (Å²) in [5.74, 6) is -0.561. The van der Waals surface area contributed by atoms with Crippen molar-refractivity contribution in [1.29, 1.82) is 0 Å². The minimum Gasteiger partial charge on any atom is -0.366 e. The van der Waals surface area contributed by atoms with Crippen molar-refractivity contribution in [3.63, 3.8) is 0 Å². The van der Waals surface area contributed by atoms with Crippen LogP contribution in [0.3, 0.4) is 0 Å². The van der Waals surface area contributed by atoms with Crippen molar-refractivity contribution in [2.24, 2.45) is 5.73 Å². The lowest BCUT2D eigenvalue weighted by Gasteiger charge is -2.22. The molecule has 1 aliphatic carbocycles. The Hall–Kier alpha value is -1.62. The highest BCUT2D eigenvalue weighted by atomic mass is 35.5. The summed E-state index contributed by atoms with van der Waals surface area (Å²) in [4.78, 5) is 15.7. The van der Waals surface area contributed by atoms with Gasteiger partial charge in [-0.25, -0.2) is 9.67 Å². The van der Waals surface area contributed by atoms with E-state index in [2.05, 4.69) is 10.1 Å². The number of amides is 1. The summed E-state index contributed by atoms with van der Waals surface area (Å²) in [6.45, 7) is 1.89. The van der Waals surface area contributed by atoms with Gasteiger partial charge in [0.1, 0.15) is 0 Å². The second kappa shape index (κ2) is 5.05. The second-order valence-electron chi connectivity index (χ2n) is 5.37. The van der Waals surface area contributed by atoms with Crippen LogP contribution in [0.4, 0.5) is 0 Å². The van der Waals surface area contributed by atoms with Gasteiger partial charge in [-0.05, 0) is 19.8 Å². The maximum atomic E-state index is 11.4. The first kappa shape index (κ1) is 13.4. The van der Waals surface area contributed by atoms with Crippen molar-refractivity contribution in [3.05, 3.63) is 22.5 Å². The molecular formula is C14H17ClN4O.